The topological polar surface area (TPSA) is 92.7 Å². The summed E-state index contributed by atoms with van der Waals surface area (Å²) in [5.41, 5.74) is 0. The number of ether oxygens (including phenoxy) is 1. The zero-order valence-electron chi connectivity index (χ0n) is 11.1. The lowest BCUT2D eigenvalue weighted by atomic mass is 10.2. The summed E-state index contributed by atoms with van der Waals surface area (Å²) in [6.07, 6.45) is 1.35. The summed E-state index contributed by atoms with van der Waals surface area (Å²) in [6.45, 7) is 5.70. The SMILES string of the molecule is C=CCC(NS(=O)(=O)c1ccc(OCC)cc1)C(=O)O. The zero-order valence-corrected chi connectivity index (χ0v) is 11.9. The molecule has 1 aromatic rings. The average molecular weight is 299 g/mol. The minimum absolute atomic E-state index is 0.00555. The van der Waals surface area contributed by atoms with Gasteiger partial charge in [-0.3, -0.25) is 4.79 Å². The van der Waals surface area contributed by atoms with Crippen LogP contribution in [0.15, 0.2) is 41.8 Å². The quantitative estimate of drug-likeness (QED) is 0.708. The van der Waals surface area contributed by atoms with Gasteiger partial charge in [-0.25, -0.2) is 8.42 Å². The van der Waals surface area contributed by atoms with E-state index >= 15 is 0 Å². The van der Waals surface area contributed by atoms with Gasteiger partial charge in [-0.1, -0.05) is 6.08 Å². The third kappa shape index (κ3) is 4.36. The van der Waals surface area contributed by atoms with Crippen LogP contribution in [-0.4, -0.2) is 32.1 Å². The lowest BCUT2D eigenvalue weighted by molar-refractivity contribution is -0.138. The molecule has 1 unspecified atom stereocenters. The predicted molar refractivity (Wildman–Crippen MR) is 74.2 cm³/mol. The second-order valence-corrected chi connectivity index (χ2v) is 5.65. The van der Waals surface area contributed by atoms with Crippen LogP contribution in [-0.2, 0) is 14.8 Å². The van der Waals surface area contributed by atoms with Gasteiger partial charge in [0.2, 0.25) is 10.0 Å². The Morgan fingerprint density at radius 2 is 2.05 bits per heavy atom. The van der Waals surface area contributed by atoms with Gasteiger partial charge in [0, 0.05) is 0 Å². The average Bonchev–Trinajstić information content (AvgIpc) is 2.39. The van der Waals surface area contributed by atoms with Crippen molar-refractivity contribution in [1.82, 2.24) is 4.72 Å². The molecule has 0 spiro atoms. The molecule has 7 heteroatoms. The van der Waals surface area contributed by atoms with E-state index in [4.69, 9.17) is 9.84 Å². The van der Waals surface area contributed by atoms with E-state index in [0.29, 0.717) is 12.4 Å². The molecule has 0 bridgehead atoms. The Kier molecular flexibility index (Phi) is 5.72. The van der Waals surface area contributed by atoms with E-state index in [-0.39, 0.29) is 11.3 Å². The fourth-order valence-electron chi connectivity index (χ4n) is 1.50. The van der Waals surface area contributed by atoms with E-state index in [1.807, 2.05) is 6.92 Å². The zero-order chi connectivity index (χ0) is 15.2. The molecule has 0 heterocycles. The molecule has 0 saturated carbocycles. The van der Waals surface area contributed by atoms with Gasteiger partial charge >= 0.3 is 5.97 Å². The number of aliphatic carboxylic acids is 1. The summed E-state index contributed by atoms with van der Waals surface area (Å²) >= 11 is 0. The number of sulfonamides is 1. The fourth-order valence-corrected chi connectivity index (χ4v) is 2.71. The van der Waals surface area contributed by atoms with Crippen LogP contribution in [0.5, 0.6) is 5.75 Å². The maximum absolute atomic E-state index is 12.0. The highest BCUT2D eigenvalue weighted by atomic mass is 32.2. The second-order valence-electron chi connectivity index (χ2n) is 3.94. The van der Waals surface area contributed by atoms with Crippen LogP contribution >= 0.6 is 0 Å². The fraction of sp³-hybridized carbons (Fsp3) is 0.308. The minimum atomic E-state index is -3.89. The molecule has 0 radical (unpaired) electrons. The third-order valence-corrected chi connectivity index (χ3v) is 3.93. The summed E-state index contributed by atoms with van der Waals surface area (Å²) < 4.78 is 31.4. The van der Waals surface area contributed by atoms with E-state index in [2.05, 4.69) is 11.3 Å². The van der Waals surface area contributed by atoms with E-state index in [1.165, 1.54) is 30.3 Å². The largest absolute Gasteiger partial charge is 0.494 e. The Bertz CT molecular complexity index is 565. The van der Waals surface area contributed by atoms with Crippen molar-refractivity contribution >= 4 is 16.0 Å². The van der Waals surface area contributed by atoms with Crippen LogP contribution in [0.2, 0.25) is 0 Å². The molecule has 0 aliphatic heterocycles. The van der Waals surface area contributed by atoms with Crippen molar-refractivity contribution in [3.05, 3.63) is 36.9 Å². The molecule has 0 saturated heterocycles. The number of nitrogens with one attached hydrogen (secondary N) is 1. The molecule has 1 rings (SSSR count). The molecular formula is C13H17NO5S. The van der Waals surface area contributed by atoms with Crippen molar-refractivity contribution in [2.75, 3.05) is 6.61 Å². The summed E-state index contributed by atoms with van der Waals surface area (Å²) in [5.74, 6) is -0.702. The Hall–Kier alpha value is -1.86. The number of carboxylic acid groups (broad SMARTS) is 1. The van der Waals surface area contributed by atoms with Gasteiger partial charge in [0.05, 0.1) is 11.5 Å². The molecule has 1 atom stereocenters. The highest BCUT2D eigenvalue weighted by Crippen LogP contribution is 2.16. The number of hydrogen-bond donors (Lipinski definition) is 2. The van der Waals surface area contributed by atoms with Crippen molar-refractivity contribution in [3.63, 3.8) is 0 Å². The first-order chi connectivity index (χ1) is 9.40. The van der Waals surface area contributed by atoms with Crippen LogP contribution in [0.3, 0.4) is 0 Å². The van der Waals surface area contributed by atoms with E-state index < -0.39 is 22.0 Å². The Balaban J connectivity index is 2.92. The van der Waals surface area contributed by atoms with Crippen molar-refractivity contribution in [1.29, 1.82) is 0 Å². The monoisotopic (exact) mass is 299 g/mol. The molecule has 0 aliphatic carbocycles. The summed E-state index contributed by atoms with van der Waals surface area (Å²) in [6, 6.07) is 4.52. The molecule has 2 N–H and O–H groups in total. The van der Waals surface area contributed by atoms with Crippen molar-refractivity contribution < 1.29 is 23.1 Å². The number of carbonyl (C=O) groups is 1. The summed E-state index contributed by atoms with van der Waals surface area (Å²) in [7, 11) is -3.89. The molecule has 0 aliphatic rings. The maximum atomic E-state index is 12.0. The van der Waals surface area contributed by atoms with Crippen molar-refractivity contribution in [2.45, 2.75) is 24.3 Å². The van der Waals surface area contributed by atoms with Crippen molar-refractivity contribution in [3.8, 4) is 5.75 Å². The van der Waals surface area contributed by atoms with Gasteiger partial charge < -0.3 is 9.84 Å². The Labute approximate surface area is 118 Å². The molecule has 0 fully saturated rings. The van der Waals surface area contributed by atoms with Crippen LogP contribution in [0.1, 0.15) is 13.3 Å². The minimum Gasteiger partial charge on any atom is -0.494 e. The Morgan fingerprint density at radius 1 is 1.45 bits per heavy atom. The van der Waals surface area contributed by atoms with Crippen LogP contribution in [0, 0.1) is 0 Å². The lowest BCUT2D eigenvalue weighted by Gasteiger charge is -2.13. The highest BCUT2D eigenvalue weighted by Gasteiger charge is 2.24. The van der Waals surface area contributed by atoms with Crippen LogP contribution in [0.25, 0.3) is 0 Å². The van der Waals surface area contributed by atoms with E-state index in [9.17, 15) is 13.2 Å². The first-order valence-electron chi connectivity index (χ1n) is 5.99. The first kappa shape index (κ1) is 16.2. The van der Waals surface area contributed by atoms with Gasteiger partial charge in [0.1, 0.15) is 11.8 Å². The van der Waals surface area contributed by atoms with Gasteiger partial charge in [0.15, 0.2) is 0 Å². The number of carboxylic acids is 1. The highest BCUT2D eigenvalue weighted by molar-refractivity contribution is 7.89. The molecule has 20 heavy (non-hydrogen) atoms. The third-order valence-electron chi connectivity index (χ3n) is 2.44. The summed E-state index contributed by atoms with van der Waals surface area (Å²) in [5, 5.41) is 8.93. The molecular weight excluding hydrogens is 282 g/mol. The van der Waals surface area contributed by atoms with E-state index in [1.54, 1.807) is 0 Å². The normalized spacial score (nSPS) is 12.7. The maximum Gasteiger partial charge on any atom is 0.322 e. The standard InChI is InChI=1S/C13H17NO5S/c1-3-5-12(13(15)16)14-20(17,18)11-8-6-10(7-9-11)19-4-2/h3,6-9,12,14H,1,4-5H2,2H3,(H,15,16). The lowest BCUT2D eigenvalue weighted by Crippen LogP contribution is -2.40. The smallest absolute Gasteiger partial charge is 0.322 e. The Morgan fingerprint density at radius 3 is 2.50 bits per heavy atom. The van der Waals surface area contributed by atoms with Gasteiger partial charge in [-0.15, -0.1) is 6.58 Å². The van der Waals surface area contributed by atoms with Crippen molar-refractivity contribution in [2.24, 2.45) is 0 Å². The van der Waals surface area contributed by atoms with Gasteiger partial charge in [-0.2, -0.15) is 4.72 Å². The van der Waals surface area contributed by atoms with Crippen LogP contribution < -0.4 is 9.46 Å². The van der Waals surface area contributed by atoms with Crippen LogP contribution in [0.4, 0.5) is 0 Å². The second kappa shape index (κ2) is 7.06. The first-order valence-corrected chi connectivity index (χ1v) is 7.48. The van der Waals surface area contributed by atoms with E-state index in [0.717, 1.165) is 0 Å². The molecule has 0 aromatic heterocycles. The molecule has 0 amide bonds. The molecule has 6 nitrogen and oxygen atoms in total. The number of benzene rings is 1. The summed E-state index contributed by atoms with van der Waals surface area (Å²) in [4.78, 5) is 10.9. The number of rotatable bonds is 8. The van der Waals surface area contributed by atoms with Gasteiger partial charge in [-0.05, 0) is 37.6 Å². The number of hydrogen-bond acceptors (Lipinski definition) is 4. The predicted octanol–water partition coefficient (Wildman–Crippen LogP) is 1.39. The molecule has 1 aromatic carbocycles. The molecule has 110 valence electrons. The van der Waals surface area contributed by atoms with Gasteiger partial charge in [0.25, 0.3) is 0 Å².